The van der Waals surface area contributed by atoms with Gasteiger partial charge in [-0.2, -0.15) is 18.4 Å². The molecule has 22 heavy (non-hydrogen) atoms. The maximum Gasteiger partial charge on any atom is 0.433 e. The Kier molecular flexibility index (Phi) is 4.54. The Morgan fingerprint density at radius 1 is 1.36 bits per heavy atom. The fraction of sp³-hybridized carbons (Fsp3) is 0.231. The van der Waals surface area contributed by atoms with Gasteiger partial charge in [0.15, 0.2) is 0 Å². The molecule has 0 bridgehead atoms. The number of anilines is 1. The molecule has 0 spiro atoms. The number of rotatable bonds is 3. The van der Waals surface area contributed by atoms with Crippen LogP contribution in [0.25, 0.3) is 0 Å². The van der Waals surface area contributed by atoms with E-state index in [4.69, 9.17) is 28.5 Å². The fourth-order valence-corrected chi connectivity index (χ4v) is 2.19. The lowest BCUT2D eigenvalue weighted by Gasteiger charge is -2.11. The summed E-state index contributed by atoms with van der Waals surface area (Å²) < 4.78 is 39.6. The number of aromatic nitrogens is 2. The first-order chi connectivity index (χ1) is 10.2. The lowest BCUT2D eigenvalue weighted by molar-refractivity contribution is -0.141. The minimum Gasteiger partial charge on any atom is -0.363 e. The van der Waals surface area contributed by atoms with Crippen LogP contribution >= 0.6 is 23.2 Å². The molecule has 2 rings (SSSR count). The highest BCUT2D eigenvalue weighted by Crippen LogP contribution is 2.30. The molecule has 2 aromatic rings. The Balaban J connectivity index is 2.28. The van der Waals surface area contributed by atoms with E-state index in [2.05, 4.69) is 10.3 Å². The van der Waals surface area contributed by atoms with Crippen LogP contribution in [0.1, 0.15) is 17.0 Å². The van der Waals surface area contributed by atoms with Gasteiger partial charge in [0.2, 0.25) is 0 Å². The standard InChI is InChI=1S/C13H9Cl2F3N4/c1-22-8(4-9(14)11(22)15)6-20-12-7(5-19)2-3-10(21-12)13(16,17)18/h2-4H,6H2,1H3,(H,20,21). The maximum absolute atomic E-state index is 12.7. The van der Waals surface area contributed by atoms with Crippen LogP contribution in [-0.2, 0) is 19.8 Å². The van der Waals surface area contributed by atoms with Crippen molar-refractivity contribution < 1.29 is 13.2 Å². The van der Waals surface area contributed by atoms with E-state index < -0.39 is 11.9 Å². The van der Waals surface area contributed by atoms with Crippen LogP contribution in [0.3, 0.4) is 0 Å². The van der Waals surface area contributed by atoms with E-state index in [1.807, 2.05) is 0 Å². The normalized spacial score (nSPS) is 11.3. The first-order valence-corrected chi connectivity index (χ1v) is 6.71. The third kappa shape index (κ3) is 3.29. The molecule has 0 saturated heterocycles. The van der Waals surface area contributed by atoms with Crippen LogP contribution in [0.2, 0.25) is 10.2 Å². The number of alkyl halides is 3. The summed E-state index contributed by atoms with van der Waals surface area (Å²) in [7, 11) is 1.66. The Bertz CT molecular complexity index is 747. The second kappa shape index (κ2) is 6.07. The van der Waals surface area contributed by atoms with Gasteiger partial charge in [-0.3, -0.25) is 0 Å². The smallest absolute Gasteiger partial charge is 0.363 e. The van der Waals surface area contributed by atoms with Crippen LogP contribution in [-0.4, -0.2) is 9.55 Å². The van der Waals surface area contributed by atoms with Crippen LogP contribution in [0.15, 0.2) is 18.2 Å². The quantitative estimate of drug-likeness (QED) is 0.902. The predicted octanol–water partition coefficient (Wildman–Crippen LogP) is 4.23. The second-order valence-electron chi connectivity index (χ2n) is 4.39. The average molecular weight is 349 g/mol. The summed E-state index contributed by atoms with van der Waals surface area (Å²) in [5.74, 6) is -0.147. The molecular formula is C13H9Cl2F3N4. The third-order valence-corrected chi connectivity index (χ3v) is 3.80. The van der Waals surface area contributed by atoms with Gasteiger partial charge < -0.3 is 9.88 Å². The van der Waals surface area contributed by atoms with Crippen molar-refractivity contribution in [2.24, 2.45) is 7.05 Å². The summed E-state index contributed by atoms with van der Waals surface area (Å²) in [5.41, 5.74) is -0.422. The van der Waals surface area contributed by atoms with Gasteiger partial charge in [0.1, 0.15) is 22.7 Å². The van der Waals surface area contributed by atoms with Crippen molar-refractivity contribution in [2.75, 3.05) is 5.32 Å². The molecule has 2 aromatic heterocycles. The Labute approximate surface area is 134 Å². The molecule has 0 saturated carbocycles. The van der Waals surface area contributed by atoms with E-state index in [9.17, 15) is 13.2 Å². The van der Waals surface area contributed by atoms with E-state index in [-0.39, 0.29) is 17.9 Å². The molecule has 0 aliphatic heterocycles. The minimum absolute atomic E-state index is 0.0133. The molecule has 0 aliphatic carbocycles. The van der Waals surface area contributed by atoms with Crippen LogP contribution in [0, 0.1) is 11.3 Å². The molecular weight excluding hydrogens is 340 g/mol. The summed E-state index contributed by atoms with van der Waals surface area (Å²) >= 11 is 11.8. The average Bonchev–Trinajstić information content (AvgIpc) is 2.71. The molecule has 0 atom stereocenters. The number of nitrogens with one attached hydrogen (secondary N) is 1. The molecule has 0 unspecified atom stereocenters. The van der Waals surface area contributed by atoms with Crippen molar-refractivity contribution in [3.63, 3.8) is 0 Å². The third-order valence-electron chi connectivity index (χ3n) is 2.96. The molecule has 0 aliphatic rings. The van der Waals surface area contributed by atoms with Crippen molar-refractivity contribution in [3.8, 4) is 6.07 Å². The number of hydrogen-bond donors (Lipinski definition) is 1. The Morgan fingerprint density at radius 2 is 2.05 bits per heavy atom. The van der Waals surface area contributed by atoms with Crippen LogP contribution in [0.4, 0.5) is 19.0 Å². The van der Waals surface area contributed by atoms with Crippen molar-refractivity contribution in [1.29, 1.82) is 5.26 Å². The van der Waals surface area contributed by atoms with Gasteiger partial charge >= 0.3 is 6.18 Å². The van der Waals surface area contributed by atoms with Gasteiger partial charge in [-0.05, 0) is 18.2 Å². The number of pyridine rings is 1. The van der Waals surface area contributed by atoms with Crippen LogP contribution in [0.5, 0.6) is 0 Å². The zero-order chi connectivity index (χ0) is 16.5. The summed E-state index contributed by atoms with van der Waals surface area (Å²) in [4.78, 5) is 3.45. The van der Waals surface area contributed by atoms with Crippen molar-refractivity contribution in [1.82, 2.24) is 9.55 Å². The predicted molar refractivity (Wildman–Crippen MR) is 76.7 cm³/mol. The highest BCUT2D eigenvalue weighted by molar-refractivity contribution is 6.41. The van der Waals surface area contributed by atoms with Gasteiger partial charge in [0, 0.05) is 12.7 Å². The highest BCUT2D eigenvalue weighted by atomic mass is 35.5. The molecule has 2 heterocycles. The fourth-order valence-electron chi connectivity index (χ4n) is 1.77. The summed E-state index contributed by atoms with van der Waals surface area (Å²) in [5, 5.41) is 12.3. The lowest BCUT2D eigenvalue weighted by Crippen LogP contribution is -2.12. The molecule has 116 valence electrons. The first-order valence-electron chi connectivity index (χ1n) is 5.96. The lowest BCUT2D eigenvalue weighted by atomic mass is 10.2. The van der Waals surface area contributed by atoms with E-state index in [0.717, 1.165) is 12.1 Å². The first kappa shape index (κ1) is 16.5. The maximum atomic E-state index is 12.7. The van der Waals surface area contributed by atoms with Crippen molar-refractivity contribution >= 4 is 29.0 Å². The van der Waals surface area contributed by atoms with E-state index >= 15 is 0 Å². The molecule has 0 fully saturated rings. The van der Waals surface area contributed by atoms with Gasteiger partial charge in [0.05, 0.1) is 17.1 Å². The zero-order valence-electron chi connectivity index (χ0n) is 11.2. The highest BCUT2D eigenvalue weighted by Gasteiger charge is 2.33. The molecule has 0 amide bonds. The van der Waals surface area contributed by atoms with Gasteiger partial charge in [-0.25, -0.2) is 4.98 Å². The SMILES string of the molecule is Cn1c(CNc2nc(C(F)(F)F)ccc2C#N)cc(Cl)c1Cl. The van der Waals surface area contributed by atoms with Crippen molar-refractivity contribution in [3.05, 3.63) is 45.3 Å². The van der Waals surface area contributed by atoms with Crippen LogP contribution < -0.4 is 5.32 Å². The Hall–Kier alpha value is -1.91. The molecule has 4 nitrogen and oxygen atoms in total. The number of halogens is 5. The largest absolute Gasteiger partial charge is 0.433 e. The van der Waals surface area contributed by atoms with E-state index in [1.54, 1.807) is 23.8 Å². The summed E-state index contributed by atoms with van der Waals surface area (Å²) in [6.07, 6.45) is -4.58. The topological polar surface area (TPSA) is 53.6 Å². The van der Waals surface area contributed by atoms with Gasteiger partial charge in [0.25, 0.3) is 0 Å². The molecule has 0 aromatic carbocycles. The molecule has 0 radical (unpaired) electrons. The molecule has 9 heteroatoms. The monoisotopic (exact) mass is 348 g/mol. The Morgan fingerprint density at radius 3 is 2.55 bits per heavy atom. The second-order valence-corrected chi connectivity index (χ2v) is 5.15. The molecule has 1 N–H and O–H groups in total. The van der Waals surface area contributed by atoms with Gasteiger partial charge in [-0.15, -0.1) is 0 Å². The number of hydrogen-bond acceptors (Lipinski definition) is 3. The number of nitrogens with zero attached hydrogens (tertiary/aromatic N) is 3. The van der Waals surface area contributed by atoms with E-state index in [0.29, 0.717) is 15.9 Å². The van der Waals surface area contributed by atoms with Crippen molar-refractivity contribution in [2.45, 2.75) is 12.7 Å². The van der Waals surface area contributed by atoms with E-state index in [1.165, 1.54) is 0 Å². The number of nitriles is 1. The summed E-state index contributed by atoms with van der Waals surface area (Å²) in [6.45, 7) is 0.117. The minimum atomic E-state index is -4.58. The summed E-state index contributed by atoms with van der Waals surface area (Å²) in [6, 6.07) is 5.21. The zero-order valence-corrected chi connectivity index (χ0v) is 12.7. The van der Waals surface area contributed by atoms with Gasteiger partial charge in [-0.1, -0.05) is 23.2 Å².